The van der Waals surface area contributed by atoms with E-state index in [0.717, 1.165) is 24.3 Å². The first-order valence-electron chi connectivity index (χ1n) is 7.12. The number of likely N-dealkylation sites (N-methyl/N-ethyl adjacent to an activating group) is 1. The number of anilines is 2. The van der Waals surface area contributed by atoms with Gasteiger partial charge in [-0.15, -0.1) is 0 Å². The van der Waals surface area contributed by atoms with Crippen molar-refractivity contribution in [3.05, 3.63) is 30.5 Å². The molecule has 20 heavy (non-hydrogen) atoms. The maximum Gasteiger partial charge on any atom is 0.0743 e. The van der Waals surface area contributed by atoms with Crippen LogP contribution in [0.1, 0.15) is 6.92 Å². The van der Waals surface area contributed by atoms with Gasteiger partial charge in [0.2, 0.25) is 0 Å². The third kappa shape index (κ3) is 2.20. The Hall–Kier alpha value is -1.81. The van der Waals surface area contributed by atoms with Gasteiger partial charge in [0.15, 0.2) is 0 Å². The van der Waals surface area contributed by atoms with E-state index in [4.69, 9.17) is 5.73 Å². The summed E-state index contributed by atoms with van der Waals surface area (Å²) in [6.07, 6.45) is 1.88. The highest BCUT2D eigenvalue weighted by molar-refractivity contribution is 5.93. The molecule has 1 aromatic heterocycles. The fraction of sp³-hybridized carbons (Fsp3) is 0.438. The van der Waals surface area contributed by atoms with E-state index in [1.165, 1.54) is 11.1 Å². The lowest BCUT2D eigenvalue weighted by molar-refractivity contribution is 0.266. The van der Waals surface area contributed by atoms with E-state index >= 15 is 0 Å². The molecule has 0 radical (unpaired) electrons. The molecular formula is C16H22N4. The monoisotopic (exact) mass is 270 g/mol. The van der Waals surface area contributed by atoms with Crippen molar-refractivity contribution < 1.29 is 0 Å². The van der Waals surface area contributed by atoms with Crippen LogP contribution in [0.4, 0.5) is 11.4 Å². The molecule has 2 heterocycles. The van der Waals surface area contributed by atoms with Gasteiger partial charge in [-0.1, -0.05) is 6.92 Å². The summed E-state index contributed by atoms with van der Waals surface area (Å²) >= 11 is 0. The Morgan fingerprint density at radius 1 is 1.25 bits per heavy atom. The van der Waals surface area contributed by atoms with Crippen LogP contribution in [0.15, 0.2) is 30.5 Å². The topological polar surface area (TPSA) is 45.4 Å². The Balaban J connectivity index is 1.99. The molecule has 0 bridgehead atoms. The second-order valence-corrected chi connectivity index (χ2v) is 6.02. The van der Waals surface area contributed by atoms with Crippen molar-refractivity contribution in [2.75, 3.05) is 37.8 Å². The van der Waals surface area contributed by atoms with E-state index in [1.54, 1.807) is 0 Å². The number of benzene rings is 1. The molecule has 2 atom stereocenters. The molecule has 0 saturated carbocycles. The molecular weight excluding hydrogens is 248 g/mol. The number of hydrogen-bond donors (Lipinski definition) is 1. The van der Waals surface area contributed by atoms with E-state index in [2.05, 4.69) is 47.9 Å². The van der Waals surface area contributed by atoms with Crippen LogP contribution in [0.5, 0.6) is 0 Å². The summed E-state index contributed by atoms with van der Waals surface area (Å²) in [5.74, 6) is 0.669. The predicted octanol–water partition coefficient (Wildman–Crippen LogP) is 2.20. The molecule has 0 aliphatic carbocycles. The Morgan fingerprint density at radius 3 is 2.75 bits per heavy atom. The second-order valence-electron chi connectivity index (χ2n) is 6.02. The molecule has 2 unspecified atom stereocenters. The summed E-state index contributed by atoms with van der Waals surface area (Å²) in [5.41, 5.74) is 8.86. The lowest BCUT2D eigenvalue weighted by Crippen LogP contribution is -2.34. The highest BCUT2D eigenvalue weighted by Crippen LogP contribution is 2.31. The highest BCUT2D eigenvalue weighted by atomic mass is 15.2. The van der Waals surface area contributed by atoms with Gasteiger partial charge in [0.05, 0.1) is 5.52 Å². The maximum absolute atomic E-state index is 5.85. The molecule has 4 nitrogen and oxygen atoms in total. The Morgan fingerprint density at radius 2 is 2.05 bits per heavy atom. The molecule has 106 valence electrons. The van der Waals surface area contributed by atoms with Crippen molar-refractivity contribution in [1.29, 1.82) is 0 Å². The summed E-state index contributed by atoms with van der Waals surface area (Å²) in [6, 6.07) is 8.70. The molecule has 1 fully saturated rings. The van der Waals surface area contributed by atoms with E-state index in [-0.39, 0.29) is 0 Å². The third-order valence-electron chi connectivity index (χ3n) is 4.32. The summed E-state index contributed by atoms with van der Waals surface area (Å²) in [4.78, 5) is 9.22. The molecule has 1 aliphatic rings. The van der Waals surface area contributed by atoms with Crippen LogP contribution in [0.25, 0.3) is 10.9 Å². The van der Waals surface area contributed by atoms with Crippen LogP contribution in [-0.2, 0) is 0 Å². The molecule has 0 spiro atoms. The van der Waals surface area contributed by atoms with E-state index in [9.17, 15) is 0 Å². The van der Waals surface area contributed by atoms with E-state index < -0.39 is 0 Å². The Kier molecular flexibility index (Phi) is 3.26. The van der Waals surface area contributed by atoms with Crippen molar-refractivity contribution in [2.24, 2.45) is 5.92 Å². The van der Waals surface area contributed by atoms with Crippen molar-refractivity contribution in [1.82, 2.24) is 9.88 Å². The van der Waals surface area contributed by atoms with Gasteiger partial charge >= 0.3 is 0 Å². The van der Waals surface area contributed by atoms with Crippen molar-refractivity contribution in [3.8, 4) is 0 Å². The van der Waals surface area contributed by atoms with Crippen molar-refractivity contribution >= 4 is 22.3 Å². The van der Waals surface area contributed by atoms with Crippen LogP contribution < -0.4 is 10.6 Å². The summed E-state index contributed by atoms with van der Waals surface area (Å²) in [6.45, 7) is 4.48. The number of rotatable bonds is 2. The summed E-state index contributed by atoms with van der Waals surface area (Å²) in [5, 5.41) is 1.19. The number of pyridine rings is 1. The van der Waals surface area contributed by atoms with E-state index in [1.807, 2.05) is 18.3 Å². The van der Waals surface area contributed by atoms with Gasteiger partial charge in [-0.3, -0.25) is 4.98 Å². The molecule has 2 aromatic rings. The quantitative estimate of drug-likeness (QED) is 0.850. The predicted molar refractivity (Wildman–Crippen MR) is 85.0 cm³/mol. The fourth-order valence-corrected chi connectivity index (χ4v) is 3.24. The third-order valence-corrected chi connectivity index (χ3v) is 4.32. The molecule has 0 amide bonds. The van der Waals surface area contributed by atoms with Gasteiger partial charge in [0.25, 0.3) is 0 Å². The molecule has 2 N–H and O–H groups in total. The standard InChI is InChI=1S/C16H22N4/c1-11-9-20(10-16(11)19(2)3)15-6-7-18-14-8-12(17)4-5-13(14)15/h4-8,11,16H,9-10,17H2,1-3H3. The zero-order valence-corrected chi connectivity index (χ0v) is 12.4. The van der Waals surface area contributed by atoms with Gasteiger partial charge in [-0.2, -0.15) is 0 Å². The zero-order valence-electron chi connectivity index (χ0n) is 12.4. The minimum absolute atomic E-state index is 0.604. The SMILES string of the molecule is CC1CN(c2ccnc3cc(N)ccc23)CC1N(C)C. The number of hydrogen-bond acceptors (Lipinski definition) is 4. The largest absolute Gasteiger partial charge is 0.399 e. The first-order chi connectivity index (χ1) is 9.56. The lowest BCUT2D eigenvalue weighted by atomic mass is 10.1. The average Bonchev–Trinajstić information content (AvgIpc) is 2.79. The highest BCUT2D eigenvalue weighted by Gasteiger charge is 2.31. The smallest absolute Gasteiger partial charge is 0.0743 e. The van der Waals surface area contributed by atoms with Crippen molar-refractivity contribution in [2.45, 2.75) is 13.0 Å². The molecule has 4 heteroatoms. The van der Waals surface area contributed by atoms with Gasteiger partial charge in [-0.05, 0) is 44.3 Å². The number of fused-ring (bicyclic) bond motifs is 1. The van der Waals surface area contributed by atoms with Crippen LogP contribution in [0.2, 0.25) is 0 Å². The lowest BCUT2D eigenvalue weighted by Gasteiger charge is -2.23. The summed E-state index contributed by atoms with van der Waals surface area (Å²) in [7, 11) is 4.33. The number of aromatic nitrogens is 1. The van der Waals surface area contributed by atoms with Gasteiger partial charge in [-0.25, -0.2) is 0 Å². The van der Waals surface area contributed by atoms with Crippen LogP contribution in [0.3, 0.4) is 0 Å². The van der Waals surface area contributed by atoms with Crippen LogP contribution in [0, 0.1) is 5.92 Å². The molecule has 1 aliphatic heterocycles. The van der Waals surface area contributed by atoms with Gasteiger partial charge < -0.3 is 15.5 Å². The molecule has 1 aromatic carbocycles. The van der Waals surface area contributed by atoms with Gasteiger partial charge in [0, 0.05) is 42.1 Å². The number of nitrogens with two attached hydrogens (primary N) is 1. The Bertz CT molecular complexity index is 623. The zero-order chi connectivity index (χ0) is 14.3. The first kappa shape index (κ1) is 13.2. The summed E-state index contributed by atoms with van der Waals surface area (Å²) < 4.78 is 0. The normalized spacial score (nSPS) is 22.9. The Labute approximate surface area is 120 Å². The number of nitrogen functional groups attached to an aromatic ring is 1. The fourth-order valence-electron chi connectivity index (χ4n) is 3.24. The molecule has 1 saturated heterocycles. The van der Waals surface area contributed by atoms with E-state index in [0.29, 0.717) is 12.0 Å². The average molecular weight is 270 g/mol. The maximum atomic E-state index is 5.85. The second kappa shape index (κ2) is 4.94. The molecule has 3 rings (SSSR count). The minimum atomic E-state index is 0.604. The number of nitrogens with zero attached hydrogens (tertiary/aromatic N) is 3. The van der Waals surface area contributed by atoms with Crippen LogP contribution in [-0.4, -0.2) is 43.1 Å². The van der Waals surface area contributed by atoms with Crippen molar-refractivity contribution in [3.63, 3.8) is 0 Å². The van der Waals surface area contributed by atoms with Crippen LogP contribution >= 0.6 is 0 Å². The van der Waals surface area contributed by atoms with Gasteiger partial charge in [0.1, 0.15) is 0 Å². The first-order valence-corrected chi connectivity index (χ1v) is 7.12. The minimum Gasteiger partial charge on any atom is -0.399 e.